The molecule has 0 aliphatic heterocycles. The number of H-pyrrole nitrogens is 1. The maximum absolute atomic E-state index is 11.0. The maximum Gasteiger partial charge on any atom is 0.352 e. The van der Waals surface area contributed by atoms with Crippen LogP contribution in [-0.2, 0) is 6.42 Å². The van der Waals surface area contributed by atoms with E-state index in [1.807, 2.05) is 23.7 Å². The van der Waals surface area contributed by atoms with Crippen molar-refractivity contribution in [2.45, 2.75) is 13.3 Å². The van der Waals surface area contributed by atoms with Gasteiger partial charge in [0.2, 0.25) is 0 Å². The lowest BCUT2D eigenvalue weighted by atomic mass is 10.1. The highest BCUT2D eigenvalue weighted by Gasteiger charge is 2.13. The van der Waals surface area contributed by atoms with Gasteiger partial charge >= 0.3 is 5.97 Å². The van der Waals surface area contributed by atoms with Crippen LogP contribution in [-0.4, -0.2) is 25.4 Å². The number of hydrogen-bond acceptors (Lipinski definition) is 2. The largest absolute Gasteiger partial charge is 0.477 e. The smallest absolute Gasteiger partial charge is 0.352 e. The Kier molecular flexibility index (Phi) is 1.95. The summed E-state index contributed by atoms with van der Waals surface area (Å²) in [6, 6.07) is 1.64. The molecule has 0 unspecified atom stereocenters. The van der Waals surface area contributed by atoms with Crippen molar-refractivity contribution in [2.75, 3.05) is 0 Å². The summed E-state index contributed by atoms with van der Waals surface area (Å²) in [5.74, 6) is -0.951. The number of carboxylic acids is 1. The second-order valence-corrected chi connectivity index (χ2v) is 3.94. The Morgan fingerprint density at radius 2 is 2.41 bits per heavy atom. The SMILES string of the molecule is CCc1cn2ccnc2c2cc(C(=O)O)[nH]c12. The second kappa shape index (κ2) is 3.35. The number of imidazole rings is 1. The van der Waals surface area contributed by atoms with Gasteiger partial charge in [-0.25, -0.2) is 9.78 Å². The van der Waals surface area contributed by atoms with Gasteiger partial charge in [-0.15, -0.1) is 0 Å². The minimum Gasteiger partial charge on any atom is -0.477 e. The Bertz CT molecular complexity index is 724. The highest BCUT2D eigenvalue weighted by atomic mass is 16.4. The highest BCUT2D eigenvalue weighted by molar-refractivity contribution is 6.00. The molecule has 0 amide bonds. The van der Waals surface area contributed by atoms with Crippen molar-refractivity contribution in [1.29, 1.82) is 0 Å². The fraction of sp³-hybridized carbons (Fsp3) is 0.167. The summed E-state index contributed by atoms with van der Waals surface area (Å²) in [5, 5.41) is 9.87. The van der Waals surface area contributed by atoms with Crippen LogP contribution in [0.1, 0.15) is 23.0 Å². The molecule has 3 aromatic heterocycles. The number of nitrogens with zero attached hydrogens (tertiary/aromatic N) is 2. The number of aromatic nitrogens is 3. The summed E-state index contributed by atoms with van der Waals surface area (Å²) in [4.78, 5) is 18.2. The van der Waals surface area contributed by atoms with Gasteiger partial charge < -0.3 is 14.5 Å². The zero-order valence-corrected chi connectivity index (χ0v) is 9.27. The number of nitrogens with one attached hydrogen (secondary N) is 1. The molecular weight excluding hydrogens is 218 g/mol. The molecule has 3 heterocycles. The molecule has 0 saturated carbocycles. The van der Waals surface area contributed by atoms with Gasteiger partial charge in [0.05, 0.1) is 5.52 Å². The lowest BCUT2D eigenvalue weighted by Gasteiger charge is -2.02. The molecule has 0 fully saturated rings. The topological polar surface area (TPSA) is 70.4 Å². The van der Waals surface area contributed by atoms with Gasteiger partial charge in [-0.05, 0) is 18.1 Å². The number of aromatic amines is 1. The molecule has 17 heavy (non-hydrogen) atoms. The Morgan fingerprint density at radius 1 is 1.59 bits per heavy atom. The summed E-state index contributed by atoms with van der Waals surface area (Å²) in [5.41, 5.74) is 2.92. The molecule has 0 aliphatic carbocycles. The van der Waals surface area contributed by atoms with Crippen LogP contribution in [0.2, 0.25) is 0 Å². The molecule has 5 nitrogen and oxygen atoms in total. The average molecular weight is 229 g/mol. The van der Waals surface area contributed by atoms with Gasteiger partial charge in [0.15, 0.2) is 0 Å². The Balaban J connectivity index is 2.48. The van der Waals surface area contributed by atoms with E-state index >= 15 is 0 Å². The van der Waals surface area contributed by atoms with Crippen molar-refractivity contribution in [3.8, 4) is 0 Å². The number of carboxylic acid groups (broad SMARTS) is 1. The Hall–Kier alpha value is -2.30. The zero-order chi connectivity index (χ0) is 12.0. The molecule has 0 radical (unpaired) electrons. The van der Waals surface area contributed by atoms with E-state index in [0.717, 1.165) is 28.5 Å². The zero-order valence-electron chi connectivity index (χ0n) is 9.27. The summed E-state index contributed by atoms with van der Waals surface area (Å²) < 4.78 is 1.92. The van der Waals surface area contributed by atoms with Crippen LogP contribution in [0.4, 0.5) is 0 Å². The molecule has 0 spiro atoms. The van der Waals surface area contributed by atoms with E-state index < -0.39 is 5.97 Å². The molecule has 86 valence electrons. The minimum absolute atomic E-state index is 0.200. The number of fused-ring (bicyclic) bond motifs is 3. The van der Waals surface area contributed by atoms with E-state index in [0.29, 0.717) is 0 Å². The van der Waals surface area contributed by atoms with Crippen molar-refractivity contribution in [3.63, 3.8) is 0 Å². The monoisotopic (exact) mass is 229 g/mol. The first-order valence-electron chi connectivity index (χ1n) is 5.41. The molecule has 0 aliphatic rings. The summed E-state index contributed by atoms with van der Waals surface area (Å²) in [6.45, 7) is 2.04. The second-order valence-electron chi connectivity index (χ2n) is 3.94. The first-order valence-corrected chi connectivity index (χ1v) is 5.41. The van der Waals surface area contributed by atoms with Crippen LogP contribution in [0.3, 0.4) is 0 Å². The number of aromatic carboxylic acids is 1. The predicted octanol–water partition coefficient (Wildman–Crippen LogP) is 2.08. The van der Waals surface area contributed by atoms with E-state index in [1.54, 1.807) is 12.3 Å². The lowest BCUT2D eigenvalue weighted by molar-refractivity contribution is 0.0691. The third-order valence-corrected chi connectivity index (χ3v) is 2.95. The van der Waals surface area contributed by atoms with Crippen molar-refractivity contribution >= 4 is 22.5 Å². The normalized spacial score (nSPS) is 11.4. The molecule has 0 saturated heterocycles. The number of aryl methyl sites for hydroxylation is 1. The molecule has 2 N–H and O–H groups in total. The molecule has 0 aromatic carbocycles. The van der Waals surface area contributed by atoms with E-state index in [1.165, 1.54) is 0 Å². The van der Waals surface area contributed by atoms with Crippen molar-refractivity contribution in [1.82, 2.24) is 14.4 Å². The van der Waals surface area contributed by atoms with E-state index in [-0.39, 0.29) is 5.69 Å². The minimum atomic E-state index is -0.951. The number of carbonyl (C=O) groups is 1. The highest BCUT2D eigenvalue weighted by Crippen LogP contribution is 2.24. The van der Waals surface area contributed by atoms with Crippen molar-refractivity contribution in [3.05, 3.63) is 35.9 Å². The van der Waals surface area contributed by atoms with Crippen LogP contribution >= 0.6 is 0 Å². The average Bonchev–Trinajstić information content (AvgIpc) is 2.92. The van der Waals surface area contributed by atoms with Crippen molar-refractivity contribution < 1.29 is 9.90 Å². The summed E-state index contributed by atoms with van der Waals surface area (Å²) in [6.07, 6.45) is 6.39. The van der Waals surface area contributed by atoms with Crippen LogP contribution in [0.25, 0.3) is 16.6 Å². The van der Waals surface area contributed by atoms with E-state index in [4.69, 9.17) is 5.11 Å². The van der Waals surface area contributed by atoms with Crippen LogP contribution in [0, 0.1) is 0 Å². The molecule has 3 rings (SSSR count). The predicted molar refractivity (Wildman–Crippen MR) is 63.4 cm³/mol. The molecular formula is C12H11N3O2. The fourth-order valence-electron chi connectivity index (χ4n) is 2.13. The molecule has 5 heteroatoms. The van der Waals surface area contributed by atoms with Crippen LogP contribution in [0.5, 0.6) is 0 Å². The Morgan fingerprint density at radius 3 is 3.12 bits per heavy atom. The van der Waals surface area contributed by atoms with E-state index in [9.17, 15) is 4.79 Å². The standard InChI is InChI=1S/C12H11N3O2/c1-2-7-6-15-4-3-13-11(15)8-5-9(12(16)17)14-10(7)8/h3-6,14H,2H2,1H3,(H,16,17). The van der Waals surface area contributed by atoms with Gasteiger partial charge in [-0.1, -0.05) is 6.92 Å². The van der Waals surface area contributed by atoms with Crippen molar-refractivity contribution in [2.24, 2.45) is 0 Å². The van der Waals surface area contributed by atoms with Gasteiger partial charge in [0.25, 0.3) is 0 Å². The third kappa shape index (κ3) is 1.32. The lowest BCUT2D eigenvalue weighted by Crippen LogP contribution is -1.95. The van der Waals surface area contributed by atoms with Gasteiger partial charge in [-0.3, -0.25) is 0 Å². The number of rotatable bonds is 2. The maximum atomic E-state index is 11.0. The third-order valence-electron chi connectivity index (χ3n) is 2.95. The summed E-state index contributed by atoms with van der Waals surface area (Å²) in [7, 11) is 0. The van der Waals surface area contributed by atoms with E-state index in [2.05, 4.69) is 9.97 Å². The van der Waals surface area contributed by atoms with Crippen LogP contribution in [0.15, 0.2) is 24.7 Å². The number of pyridine rings is 1. The summed E-state index contributed by atoms with van der Waals surface area (Å²) >= 11 is 0. The number of hydrogen-bond donors (Lipinski definition) is 2. The van der Waals surface area contributed by atoms with Gasteiger partial charge in [0, 0.05) is 24.0 Å². The quantitative estimate of drug-likeness (QED) is 0.706. The molecule has 0 bridgehead atoms. The first kappa shape index (κ1) is 9.89. The Labute approximate surface area is 96.7 Å². The van der Waals surface area contributed by atoms with Gasteiger partial charge in [-0.2, -0.15) is 0 Å². The first-order chi connectivity index (χ1) is 8.20. The fourth-order valence-corrected chi connectivity index (χ4v) is 2.13. The van der Waals surface area contributed by atoms with Crippen LogP contribution < -0.4 is 0 Å². The van der Waals surface area contributed by atoms with Gasteiger partial charge in [0.1, 0.15) is 11.3 Å². The molecule has 0 atom stereocenters. The molecule has 3 aromatic rings.